The van der Waals surface area contributed by atoms with Crippen molar-refractivity contribution in [1.29, 1.82) is 0 Å². The van der Waals surface area contributed by atoms with Crippen molar-refractivity contribution in [3.05, 3.63) is 35.4 Å². The second-order valence-electron chi connectivity index (χ2n) is 4.33. The number of amides is 1. The molecular formula is C13H20N2O3S. The van der Waals surface area contributed by atoms with E-state index in [-0.39, 0.29) is 5.91 Å². The van der Waals surface area contributed by atoms with E-state index >= 15 is 0 Å². The van der Waals surface area contributed by atoms with Gasteiger partial charge in [0.15, 0.2) is 0 Å². The SMILES string of the molecule is CCc1ccc(C(=O)NCCCNS(C)(=O)=O)cc1. The van der Waals surface area contributed by atoms with Gasteiger partial charge in [-0.25, -0.2) is 13.1 Å². The Bertz CT molecular complexity index is 509. The third kappa shape index (κ3) is 6.35. The van der Waals surface area contributed by atoms with Crippen molar-refractivity contribution in [3.8, 4) is 0 Å². The van der Waals surface area contributed by atoms with E-state index in [2.05, 4.69) is 17.0 Å². The first-order chi connectivity index (χ1) is 8.92. The van der Waals surface area contributed by atoms with Crippen LogP contribution in [0.3, 0.4) is 0 Å². The second kappa shape index (κ2) is 7.25. The van der Waals surface area contributed by atoms with Crippen molar-refractivity contribution in [1.82, 2.24) is 10.0 Å². The van der Waals surface area contributed by atoms with Gasteiger partial charge in [-0.2, -0.15) is 0 Å². The molecule has 0 saturated heterocycles. The molecule has 0 aliphatic carbocycles. The normalized spacial score (nSPS) is 11.3. The zero-order valence-electron chi connectivity index (χ0n) is 11.3. The minimum atomic E-state index is -3.15. The molecular weight excluding hydrogens is 264 g/mol. The van der Waals surface area contributed by atoms with Gasteiger partial charge in [-0.15, -0.1) is 0 Å². The molecule has 5 nitrogen and oxygen atoms in total. The van der Waals surface area contributed by atoms with Crippen LogP contribution in [-0.2, 0) is 16.4 Å². The lowest BCUT2D eigenvalue weighted by Crippen LogP contribution is -2.29. The van der Waals surface area contributed by atoms with Gasteiger partial charge >= 0.3 is 0 Å². The van der Waals surface area contributed by atoms with Crippen molar-refractivity contribution in [2.75, 3.05) is 19.3 Å². The molecule has 0 fully saturated rings. The quantitative estimate of drug-likeness (QED) is 0.731. The number of rotatable bonds is 7. The molecule has 0 atom stereocenters. The van der Waals surface area contributed by atoms with Crippen LogP contribution in [0.25, 0.3) is 0 Å². The summed E-state index contributed by atoms with van der Waals surface area (Å²) in [5.74, 6) is -0.137. The van der Waals surface area contributed by atoms with Crippen molar-refractivity contribution < 1.29 is 13.2 Å². The summed E-state index contributed by atoms with van der Waals surface area (Å²) in [6.45, 7) is 2.83. The highest BCUT2D eigenvalue weighted by atomic mass is 32.2. The van der Waals surface area contributed by atoms with Crippen LogP contribution in [0.4, 0.5) is 0 Å². The summed E-state index contributed by atoms with van der Waals surface area (Å²) < 4.78 is 24.0. The zero-order chi connectivity index (χ0) is 14.3. The van der Waals surface area contributed by atoms with Crippen LogP contribution in [0, 0.1) is 0 Å². The van der Waals surface area contributed by atoms with Crippen LogP contribution in [0.5, 0.6) is 0 Å². The lowest BCUT2D eigenvalue weighted by Gasteiger charge is -2.06. The average molecular weight is 284 g/mol. The molecule has 0 saturated carbocycles. The van der Waals surface area contributed by atoms with Crippen molar-refractivity contribution in [2.45, 2.75) is 19.8 Å². The highest BCUT2D eigenvalue weighted by molar-refractivity contribution is 7.88. The third-order valence-electron chi connectivity index (χ3n) is 2.63. The summed E-state index contributed by atoms with van der Waals surface area (Å²) in [5, 5.41) is 2.75. The Morgan fingerprint density at radius 3 is 2.32 bits per heavy atom. The minimum absolute atomic E-state index is 0.137. The van der Waals surface area contributed by atoms with Gasteiger partial charge in [0.05, 0.1) is 6.26 Å². The number of hydrogen-bond acceptors (Lipinski definition) is 3. The average Bonchev–Trinajstić information content (AvgIpc) is 2.37. The first-order valence-corrected chi connectivity index (χ1v) is 8.13. The number of carbonyl (C=O) groups excluding carboxylic acids is 1. The molecule has 2 N–H and O–H groups in total. The van der Waals surface area contributed by atoms with E-state index in [0.29, 0.717) is 25.1 Å². The fourth-order valence-corrected chi connectivity index (χ4v) is 2.06. The van der Waals surface area contributed by atoms with Gasteiger partial charge in [-0.05, 0) is 30.5 Å². The van der Waals surface area contributed by atoms with Gasteiger partial charge in [0.25, 0.3) is 5.91 Å². The Balaban J connectivity index is 2.31. The number of hydrogen-bond donors (Lipinski definition) is 2. The van der Waals surface area contributed by atoms with Crippen LogP contribution in [0.2, 0.25) is 0 Å². The second-order valence-corrected chi connectivity index (χ2v) is 6.16. The molecule has 1 aromatic rings. The number of nitrogens with one attached hydrogen (secondary N) is 2. The van der Waals surface area contributed by atoms with E-state index in [4.69, 9.17) is 0 Å². The molecule has 6 heteroatoms. The van der Waals surface area contributed by atoms with E-state index in [9.17, 15) is 13.2 Å². The highest BCUT2D eigenvalue weighted by Crippen LogP contribution is 2.04. The summed E-state index contributed by atoms with van der Waals surface area (Å²) in [7, 11) is -3.15. The Labute approximate surface area is 114 Å². The van der Waals surface area contributed by atoms with E-state index < -0.39 is 10.0 Å². The van der Waals surface area contributed by atoms with Crippen molar-refractivity contribution in [2.24, 2.45) is 0 Å². The maximum Gasteiger partial charge on any atom is 0.251 e. The van der Waals surface area contributed by atoms with Crippen LogP contribution in [0.15, 0.2) is 24.3 Å². The number of aryl methyl sites for hydroxylation is 1. The fourth-order valence-electron chi connectivity index (χ4n) is 1.54. The van der Waals surface area contributed by atoms with E-state index in [1.807, 2.05) is 12.1 Å². The Kier molecular flexibility index (Phi) is 5.98. The monoisotopic (exact) mass is 284 g/mol. The number of carbonyl (C=O) groups is 1. The van der Waals surface area contributed by atoms with E-state index in [1.165, 1.54) is 5.56 Å². The van der Waals surface area contributed by atoms with Crippen molar-refractivity contribution >= 4 is 15.9 Å². The van der Waals surface area contributed by atoms with Gasteiger partial charge in [0, 0.05) is 18.7 Å². The topological polar surface area (TPSA) is 75.3 Å². The molecule has 1 amide bonds. The first-order valence-electron chi connectivity index (χ1n) is 6.24. The summed E-state index contributed by atoms with van der Waals surface area (Å²) in [6, 6.07) is 7.45. The van der Waals surface area contributed by atoms with Gasteiger partial charge in [0.1, 0.15) is 0 Å². The van der Waals surface area contributed by atoms with Gasteiger partial charge in [0.2, 0.25) is 10.0 Å². The Hall–Kier alpha value is -1.40. The number of sulfonamides is 1. The molecule has 0 bridgehead atoms. The predicted octanol–water partition coefficient (Wildman–Crippen LogP) is 0.918. The molecule has 0 spiro atoms. The van der Waals surface area contributed by atoms with Gasteiger partial charge in [-0.1, -0.05) is 19.1 Å². The van der Waals surface area contributed by atoms with Crippen LogP contribution < -0.4 is 10.0 Å². The van der Waals surface area contributed by atoms with Crippen molar-refractivity contribution in [3.63, 3.8) is 0 Å². The molecule has 0 aromatic heterocycles. The maximum atomic E-state index is 11.8. The fraction of sp³-hybridized carbons (Fsp3) is 0.462. The largest absolute Gasteiger partial charge is 0.352 e. The summed E-state index contributed by atoms with van der Waals surface area (Å²) in [4.78, 5) is 11.8. The van der Waals surface area contributed by atoms with Crippen LogP contribution in [-0.4, -0.2) is 33.7 Å². The third-order valence-corrected chi connectivity index (χ3v) is 3.36. The van der Waals surface area contributed by atoms with Gasteiger partial charge in [-0.3, -0.25) is 4.79 Å². The molecule has 0 radical (unpaired) electrons. The lowest BCUT2D eigenvalue weighted by atomic mass is 10.1. The molecule has 0 aliphatic rings. The lowest BCUT2D eigenvalue weighted by molar-refractivity contribution is 0.0953. The smallest absolute Gasteiger partial charge is 0.251 e. The standard InChI is InChI=1S/C13H20N2O3S/c1-3-11-5-7-12(8-6-11)13(16)14-9-4-10-15-19(2,17)18/h5-8,15H,3-4,9-10H2,1-2H3,(H,14,16). The maximum absolute atomic E-state index is 11.8. The zero-order valence-corrected chi connectivity index (χ0v) is 12.1. The number of benzene rings is 1. The molecule has 1 rings (SSSR count). The molecule has 1 aromatic carbocycles. The van der Waals surface area contributed by atoms with E-state index in [1.54, 1.807) is 12.1 Å². The summed E-state index contributed by atoms with van der Waals surface area (Å²) >= 11 is 0. The Morgan fingerprint density at radius 1 is 1.16 bits per heavy atom. The molecule has 106 valence electrons. The molecule has 0 aliphatic heterocycles. The first kappa shape index (κ1) is 15.7. The van der Waals surface area contributed by atoms with Gasteiger partial charge < -0.3 is 5.32 Å². The van der Waals surface area contributed by atoms with Crippen LogP contribution >= 0.6 is 0 Å². The minimum Gasteiger partial charge on any atom is -0.352 e. The Morgan fingerprint density at radius 2 is 1.79 bits per heavy atom. The highest BCUT2D eigenvalue weighted by Gasteiger charge is 2.04. The predicted molar refractivity (Wildman–Crippen MR) is 75.6 cm³/mol. The summed E-state index contributed by atoms with van der Waals surface area (Å²) in [5.41, 5.74) is 1.81. The molecule has 0 unspecified atom stereocenters. The van der Waals surface area contributed by atoms with Crippen LogP contribution in [0.1, 0.15) is 29.3 Å². The summed E-state index contributed by atoms with van der Waals surface area (Å²) in [6.07, 6.45) is 2.62. The van der Waals surface area contributed by atoms with E-state index in [0.717, 1.165) is 12.7 Å². The molecule has 19 heavy (non-hydrogen) atoms. The molecule has 0 heterocycles.